The van der Waals surface area contributed by atoms with Crippen molar-refractivity contribution in [3.8, 4) is 0 Å². The maximum Gasteiger partial charge on any atom is 0.346 e. The first-order valence-electron chi connectivity index (χ1n) is 7.34. The zero-order chi connectivity index (χ0) is 17.0. The first kappa shape index (κ1) is 14.5. The lowest BCUT2D eigenvalue weighted by molar-refractivity contribution is -0.154. The molecule has 0 saturated carbocycles. The van der Waals surface area contributed by atoms with Gasteiger partial charge in [0.05, 0.1) is 23.0 Å². The third-order valence-electron chi connectivity index (χ3n) is 4.46. The molecule has 24 heavy (non-hydrogen) atoms. The molecule has 0 aromatic carbocycles. The number of ketones is 1. The van der Waals surface area contributed by atoms with Crippen molar-refractivity contribution in [3.05, 3.63) is 47.1 Å². The fourth-order valence-electron chi connectivity index (χ4n) is 3.20. The van der Waals surface area contributed by atoms with Gasteiger partial charge in [0, 0.05) is 11.5 Å². The molecule has 2 aliphatic heterocycles. The van der Waals surface area contributed by atoms with Gasteiger partial charge in [0.15, 0.2) is 5.78 Å². The van der Waals surface area contributed by atoms with Crippen LogP contribution in [0.2, 0.25) is 0 Å². The molecule has 0 spiro atoms. The average molecular weight is 326 g/mol. The molecule has 3 unspecified atom stereocenters. The molecule has 4 rings (SSSR count). The number of cyclic esters (lactones) is 4. The number of carbonyl (C=O) groups excluding carboxylic acids is 5. The van der Waals surface area contributed by atoms with E-state index in [4.69, 9.17) is 0 Å². The summed E-state index contributed by atoms with van der Waals surface area (Å²) in [7, 11) is 0. The summed E-state index contributed by atoms with van der Waals surface area (Å²) >= 11 is 0. The van der Waals surface area contributed by atoms with Gasteiger partial charge in [-0.25, -0.2) is 9.59 Å². The molecule has 7 heteroatoms. The molecule has 0 aromatic heterocycles. The fourth-order valence-corrected chi connectivity index (χ4v) is 3.20. The van der Waals surface area contributed by atoms with E-state index in [1.807, 2.05) is 0 Å². The van der Waals surface area contributed by atoms with Crippen molar-refractivity contribution in [1.82, 2.24) is 0 Å². The van der Waals surface area contributed by atoms with Gasteiger partial charge in [-0.05, 0) is 6.42 Å². The summed E-state index contributed by atoms with van der Waals surface area (Å²) in [5.41, 5.74) is 0.555. The molecule has 4 aliphatic rings. The van der Waals surface area contributed by atoms with Crippen LogP contribution in [0.5, 0.6) is 0 Å². The van der Waals surface area contributed by atoms with E-state index in [1.165, 1.54) is 30.4 Å². The lowest BCUT2D eigenvalue weighted by Gasteiger charge is -2.18. The van der Waals surface area contributed by atoms with E-state index in [0.29, 0.717) is 0 Å². The summed E-state index contributed by atoms with van der Waals surface area (Å²) in [4.78, 5) is 58.8. The Kier molecular flexibility index (Phi) is 2.99. The highest BCUT2D eigenvalue weighted by molar-refractivity contribution is 6.19. The molecular formula is C17H10O7. The van der Waals surface area contributed by atoms with Gasteiger partial charge in [0.25, 0.3) is 0 Å². The molecule has 0 N–H and O–H groups in total. The number of rotatable bonds is 2. The highest BCUT2D eigenvalue weighted by atomic mass is 16.6. The molecule has 7 nitrogen and oxygen atoms in total. The predicted octanol–water partition coefficient (Wildman–Crippen LogP) is 0.324. The van der Waals surface area contributed by atoms with Gasteiger partial charge in [0.2, 0.25) is 0 Å². The highest BCUT2D eigenvalue weighted by Gasteiger charge is 2.44. The third-order valence-corrected chi connectivity index (χ3v) is 4.46. The number of allylic oxidation sites excluding steroid dienone is 4. The number of carbonyl (C=O) groups is 5. The van der Waals surface area contributed by atoms with Crippen molar-refractivity contribution in [1.29, 1.82) is 0 Å². The number of fused-ring (bicyclic) bond motifs is 2. The first-order valence-corrected chi connectivity index (χ1v) is 7.34. The quantitative estimate of drug-likeness (QED) is 0.532. The Morgan fingerprint density at radius 2 is 1.62 bits per heavy atom. The molecule has 0 bridgehead atoms. The van der Waals surface area contributed by atoms with Crippen LogP contribution < -0.4 is 0 Å². The van der Waals surface area contributed by atoms with E-state index < -0.39 is 41.6 Å². The molecule has 2 saturated heterocycles. The zero-order valence-electron chi connectivity index (χ0n) is 12.2. The van der Waals surface area contributed by atoms with Crippen LogP contribution in [0.25, 0.3) is 0 Å². The number of ether oxygens (including phenoxy) is 2. The summed E-state index contributed by atoms with van der Waals surface area (Å²) in [6.45, 7) is 0. The number of hydrogen-bond donors (Lipinski definition) is 0. The lowest BCUT2D eigenvalue weighted by Crippen LogP contribution is -2.23. The summed E-state index contributed by atoms with van der Waals surface area (Å²) < 4.78 is 9.07. The first-order chi connectivity index (χ1) is 11.5. The maximum atomic E-state index is 12.6. The summed E-state index contributed by atoms with van der Waals surface area (Å²) in [5, 5.41) is 0. The fraction of sp³-hybridized carbons (Fsp3) is 0.235. The Morgan fingerprint density at radius 1 is 0.917 bits per heavy atom. The second-order valence-electron chi connectivity index (χ2n) is 5.85. The van der Waals surface area contributed by atoms with Crippen molar-refractivity contribution < 1.29 is 33.4 Å². The van der Waals surface area contributed by atoms with Crippen LogP contribution in [0.15, 0.2) is 47.1 Å². The van der Waals surface area contributed by atoms with Crippen molar-refractivity contribution in [2.45, 2.75) is 6.42 Å². The van der Waals surface area contributed by atoms with Gasteiger partial charge in [-0.1, -0.05) is 30.4 Å². The molecule has 3 atom stereocenters. The Labute approximate surface area is 135 Å². The Hall–Kier alpha value is -3.09. The largest absolute Gasteiger partial charge is 0.392 e. The van der Waals surface area contributed by atoms with E-state index in [0.717, 1.165) is 0 Å². The molecule has 2 fully saturated rings. The smallest absolute Gasteiger partial charge is 0.346 e. The van der Waals surface area contributed by atoms with Gasteiger partial charge in [-0.2, -0.15) is 0 Å². The lowest BCUT2D eigenvalue weighted by atomic mass is 9.81. The van der Waals surface area contributed by atoms with E-state index in [1.54, 1.807) is 0 Å². The normalized spacial score (nSPS) is 30.8. The minimum atomic E-state index is -0.790. The van der Waals surface area contributed by atoms with Gasteiger partial charge >= 0.3 is 23.9 Å². The SMILES string of the molecule is O=C1OC(=O)C2=CC(C(=O)C3=CC4C(=O)OC(=O)C4C=C3)CC=C12. The van der Waals surface area contributed by atoms with E-state index in [2.05, 4.69) is 9.47 Å². The number of hydrogen-bond acceptors (Lipinski definition) is 7. The molecular weight excluding hydrogens is 316 g/mol. The Morgan fingerprint density at radius 3 is 2.42 bits per heavy atom. The second-order valence-corrected chi connectivity index (χ2v) is 5.85. The minimum absolute atomic E-state index is 0.0957. The summed E-state index contributed by atoms with van der Waals surface area (Å²) in [6, 6.07) is 0. The molecule has 0 aromatic rings. The number of Topliss-reactive ketones (excluding diaryl/α,β-unsaturated/α-hetero) is 1. The van der Waals surface area contributed by atoms with E-state index in [9.17, 15) is 24.0 Å². The molecule has 120 valence electrons. The van der Waals surface area contributed by atoms with Crippen molar-refractivity contribution in [3.63, 3.8) is 0 Å². The Bertz CT molecular complexity index is 852. The van der Waals surface area contributed by atoms with Gasteiger partial charge in [-0.3, -0.25) is 14.4 Å². The Balaban J connectivity index is 1.60. The van der Waals surface area contributed by atoms with E-state index in [-0.39, 0.29) is 28.9 Å². The van der Waals surface area contributed by atoms with Crippen molar-refractivity contribution in [2.24, 2.45) is 17.8 Å². The number of esters is 4. The van der Waals surface area contributed by atoms with Crippen molar-refractivity contribution >= 4 is 29.7 Å². The van der Waals surface area contributed by atoms with Crippen LogP contribution in [0, 0.1) is 17.8 Å². The predicted molar refractivity (Wildman–Crippen MR) is 75.7 cm³/mol. The molecule has 0 amide bonds. The van der Waals surface area contributed by atoms with Crippen LogP contribution in [-0.4, -0.2) is 29.7 Å². The topological polar surface area (TPSA) is 104 Å². The molecule has 2 heterocycles. The average Bonchev–Trinajstić information content (AvgIpc) is 3.02. The van der Waals surface area contributed by atoms with Crippen LogP contribution in [0.4, 0.5) is 0 Å². The van der Waals surface area contributed by atoms with Crippen LogP contribution >= 0.6 is 0 Å². The highest BCUT2D eigenvalue weighted by Crippen LogP contribution is 2.35. The maximum absolute atomic E-state index is 12.6. The summed E-state index contributed by atoms with van der Waals surface area (Å²) in [5.74, 6) is -5.17. The van der Waals surface area contributed by atoms with Crippen molar-refractivity contribution in [2.75, 3.05) is 0 Å². The molecule has 2 aliphatic carbocycles. The summed E-state index contributed by atoms with van der Waals surface area (Å²) in [6.07, 6.45) is 7.58. The zero-order valence-corrected chi connectivity index (χ0v) is 12.2. The van der Waals surface area contributed by atoms with Gasteiger partial charge < -0.3 is 9.47 Å². The van der Waals surface area contributed by atoms with Crippen LogP contribution in [-0.2, 0) is 33.4 Å². The molecule has 0 radical (unpaired) electrons. The van der Waals surface area contributed by atoms with Gasteiger partial charge in [0.1, 0.15) is 0 Å². The van der Waals surface area contributed by atoms with Crippen LogP contribution in [0.1, 0.15) is 6.42 Å². The van der Waals surface area contributed by atoms with Gasteiger partial charge in [-0.15, -0.1) is 0 Å². The standard InChI is InChI=1S/C17H10O7/c18-13(7-1-3-9-11(5-7)16(21)23-14(9)19)8-2-4-10-12(6-8)17(22)24-15(10)20/h1,3-6,8-9,11H,2H2. The second kappa shape index (κ2) is 4.95. The monoisotopic (exact) mass is 326 g/mol. The van der Waals surface area contributed by atoms with Crippen LogP contribution in [0.3, 0.4) is 0 Å². The van der Waals surface area contributed by atoms with E-state index >= 15 is 0 Å². The third kappa shape index (κ3) is 2.01. The minimum Gasteiger partial charge on any atom is -0.392 e.